The van der Waals surface area contributed by atoms with Crippen molar-refractivity contribution in [3.05, 3.63) is 0 Å². The largest absolute Gasteiger partial charge is 0.0533 e. The molecule has 444 valence electrons. The van der Waals surface area contributed by atoms with E-state index < -0.39 is 0 Å². The average Bonchev–Trinajstić information content (AvgIpc) is 4.09. The molecule has 0 N–H and O–H groups in total. The first-order chi connectivity index (χ1) is 39.0. The highest BCUT2D eigenvalue weighted by atomic mass is 14.8. The maximum Gasteiger partial charge on any atom is -0.0212 e. The monoisotopic (exact) mass is 1080 g/mol. The Labute approximate surface area is 489 Å². The van der Waals surface area contributed by atoms with Crippen LogP contribution in [0.4, 0.5) is 0 Å². The van der Waals surface area contributed by atoms with Gasteiger partial charge in [0.2, 0.25) is 0 Å². The molecule has 0 saturated heterocycles. The molecular formula is C79H128. The molecule has 23 atom stereocenters. The summed E-state index contributed by atoms with van der Waals surface area (Å²) in [4.78, 5) is 0. The van der Waals surface area contributed by atoms with Gasteiger partial charge in [0.15, 0.2) is 0 Å². The van der Waals surface area contributed by atoms with E-state index in [0.717, 1.165) is 152 Å². The molecule has 18 fully saturated rings. The minimum Gasteiger partial charge on any atom is -0.0533 e. The van der Waals surface area contributed by atoms with Crippen LogP contribution < -0.4 is 0 Å². The lowest BCUT2D eigenvalue weighted by Gasteiger charge is -2.74. The van der Waals surface area contributed by atoms with Gasteiger partial charge in [0.1, 0.15) is 0 Å². The van der Waals surface area contributed by atoms with E-state index in [-0.39, 0.29) is 0 Å². The highest BCUT2D eigenvalue weighted by Crippen LogP contribution is 2.83. The Balaban J connectivity index is 0.649. The van der Waals surface area contributed by atoms with E-state index in [4.69, 9.17) is 0 Å². The topological polar surface area (TPSA) is 0 Å². The van der Waals surface area contributed by atoms with Crippen molar-refractivity contribution in [2.45, 2.75) is 334 Å². The van der Waals surface area contributed by atoms with E-state index in [1.807, 2.05) is 0 Å². The molecule has 0 amide bonds. The van der Waals surface area contributed by atoms with Crippen molar-refractivity contribution >= 4 is 0 Å². The van der Waals surface area contributed by atoms with Crippen molar-refractivity contribution in [2.75, 3.05) is 0 Å². The van der Waals surface area contributed by atoms with E-state index in [9.17, 15) is 0 Å². The first-order valence-electron chi connectivity index (χ1n) is 39.0. The quantitative estimate of drug-likeness (QED) is 0.227. The van der Waals surface area contributed by atoms with Gasteiger partial charge >= 0.3 is 0 Å². The summed E-state index contributed by atoms with van der Waals surface area (Å²) in [6, 6.07) is 0. The minimum atomic E-state index is 0.774. The first kappa shape index (κ1) is 54.4. The smallest absolute Gasteiger partial charge is 0.0212 e. The highest BCUT2D eigenvalue weighted by Gasteiger charge is 2.76. The third-order valence-corrected chi connectivity index (χ3v) is 33.9. The molecule has 0 aromatic rings. The van der Waals surface area contributed by atoms with Crippen LogP contribution in [0.3, 0.4) is 0 Å². The molecule has 8 bridgehead atoms. The van der Waals surface area contributed by atoms with E-state index in [0.29, 0.717) is 0 Å². The molecule has 0 heterocycles. The Hall–Kier alpha value is 0. The zero-order chi connectivity index (χ0) is 52.1. The highest BCUT2D eigenvalue weighted by molar-refractivity contribution is 5.24. The molecule has 18 aliphatic carbocycles. The van der Waals surface area contributed by atoms with E-state index in [1.165, 1.54) is 5.92 Å². The van der Waals surface area contributed by atoms with Gasteiger partial charge in [0, 0.05) is 0 Å². The maximum absolute atomic E-state index is 1.73. The lowest BCUT2D eigenvalue weighted by atomic mass is 9.30. The normalized spacial score (nSPS) is 55.9. The number of hydrogen-bond acceptors (Lipinski definition) is 0. The predicted molar refractivity (Wildman–Crippen MR) is 331 cm³/mol. The lowest BCUT2D eigenvalue weighted by Crippen LogP contribution is -2.65. The molecular weight excluding hydrogens is 949 g/mol. The molecule has 0 aromatic carbocycles. The van der Waals surface area contributed by atoms with Gasteiger partial charge in [-0.25, -0.2) is 0 Å². The van der Waals surface area contributed by atoms with Crippen LogP contribution in [0, 0.1) is 158 Å². The van der Waals surface area contributed by atoms with Gasteiger partial charge in [-0.05, 0) is 306 Å². The lowest BCUT2D eigenvalue weighted by molar-refractivity contribution is -0.246. The standard InChI is InChI=1S/C79H128/c1-2-4-6-24-63-49-64-52-78(44-15-18-54-29-27-53(28-30-54)16-5-3-1)75(64)73(63)74-69-40-39-68(69)66-37-35-60(66)23-12-11-22-59-34-33-58(59)21-10-9-20-57-32-31-56(57)19-8-7-17-55-50-77(51-55)46-47-79(77)45-43-65(79)26-14-13-25-62-48-61-36-38-67(61)72(62)70-41-42-71(70)76(74)78/h53-76H,1-52H2. The molecule has 79 heavy (non-hydrogen) atoms. The Morgan fingerprint density at radius 1 is 0.215 bits per heavy atom. The molecule has 18 aliphatic rings. The van der Waals surface area contributed by atoms with Crippen molar-refractivity contribution in [3.63, 3.8) is 0 Å². The summed E-state index contributed by atoms with van der Waals surface area (Å²) in [5.41, 5.74) is 2.45. The van der Waals surface area contributed by atoms with Gasteiger partial charge in [-0.2, -0.15) is 0 Å². The Kier molecular flexibility index (Phi) is 15.8. The van der Waals surface area contributed by atoms with Crippen LogP contribution in [0.1, 0.15) is 334 Å². The van der Waals surface area contributed by atoms with Crippen LogP contribution >= 0.6 is 0 Å². The van der Waals surface area contributed by atoms with Gasteiger partial charge in [0.05, 0.1) is 0 Å². The number of rotatable bonds is 0. The minimum absolute atomic E-state index is 0.774. The molecule has 0 aromatic heterocycles. The van der Waals surface area contributed by atoms with Crippen LogP contribution in [0.2, 0.25) is 0 Å². The van der Waals surface area contributed by atoms with Crippen LogP contribution in [-0.2, 0) is 0 Å². The summed E-state index contributed by atoms with van der Waals surface area (Å²) >= 11 is 0. The van der Waals surface area contributed by atoms with Crippen LogP contribution in [0.15, 0.2) is 0 Å². The van der Waals surface area contributed by atoms with Crippen molar-refractivity contribution in [1.29, 1.82) is 0 Å². The molecule has 23 unspecified atom stereocenters. The summed E-state index contributed by atoms with van der Waals surface area (Å²) in [6.07, 6.45) is 84.1. The molecule has 0 aliphatic heterocycles. The summed E-state index contributed by atoms with van der Waals surface area (Å²) in [6.45, 7) is 0. The second-order valence-electron chi connectivity index (χ2n) is 36.0. The molecule has 0 heteroatoms. The molecule has 2 spiro atoms. The summed E-state index contributed by atoms with van der Waals surface area (Å²) < 4.78 is 0. The van der Waals surface area contributed by atoms with Crippen molar-refractivity contribution < 1.29 is 0 Å². The second-order valence-corrected chi connectivity index (χ2v) is 36.0. The fourth-order valence-electron chi connectivity index (χ4n) is 29.1. The van der Waals surface area contributed by atoms with Crippen molar-refractivity contribution in [2.24, 2.45) is 158 Å². The Morgan fingerprint density at radius 3 is 1.25 bits per heavy atom. The maximum atomic E-state index is 1.73. The number of fused-ring (bicyclic) bond motifs is 24. The number of hydrogen-bond donors (Lipinski definition) is 0. The van der Waals surface area contributed by atoms with Gasteiger partial charge < -0.3 is 0 Å². The van der Waals surface area contributed by atoms with E-state index in [1.54, 1.807) is 334 Å². The molecule has 0 nitrogen and oxygen atoms in total. The summed E-state index contributed by atoms with van der Waals surface area (Å²) in [7, 11) is 0. The van der Waals surface area contributed by atoms with E-state index in [2.05, 4.69) is 0 Å². The van der Waals surface area contributed by atoms with Crippen LogP contribution in [0.5, 0.6) is 0 Å². The van der Waals surface area contributed by atoms with Gasteiger partial charge in [-0.15, -0.1) is 0 Å². The summed E-state index contributed by atoms with van der Waals surface area (Å²) in [5, 5.41) is 0. The van der Waals surface area contributed by atoms with Crippen LogP contribution in [-0.4, -0.2) is 0 Å². The van der Waals surface area contributed by atoms with Crippen molar-refractivity contribution in [1.82, 2.24) is 0 Å². The molecule has 0 radical (unpaired) electrons. The second kappa shape index (κ2) is 22.9. The predicted octanol–water partition coefficient (Wildman–Crippen LogP) is 23.2. The SMILES string of the molecule is C1CCCCC2CC3CC4(CCCC5CCC(CCC1)CC5)C3C2C1C2CCC2C2CCC2CCCCC2CCC2CCCCC2CCC2CCCCC2CC3(CCC35CCC5CCCCC3CC5CCC5C3C3CCC3C14)C2. The Morgan fingerprint density at radius 2 is 0.696 bits per heavy atom. The zero-order valence-electron chi connectivity index (χ0n) is 52.1. The molecule has 18 saturated carbocycles. The van der Waals surface area contributed by atoms with Gasteiger partial charge in [-0.3, -0.25) is 0 Å². The fourth-order valence-corrected chi connectivity index (χ4v) is 29.1. The zero-order valence-corrected chi connectivity index (χ0v) is 52.1. The first-order valence-corrected chi connectivity index (χ1v) is 39.0. The Bertz CT molecular complexity index is 2010. The summed E-state index contributed by atoms with van der Waals surface area (Å²) in [5.74, 6) is 27.2. The third-order valence-electron chi connectivity index (χ3n) is 33.9. The van der Waals surface area contributed by atoms with Gasteiger partial charge in [-0.1, -0.05) is 186 Å². The van der Waals surface area contributed by atoms with E-state index >= 15 is 0 Å². The average molecular weight is 1080 g/mol. The fraction of sp³-hybridized carbons (Fsp3) is 1.00. The van der Waals surface area contributed by atoms with Crippen LogP contribution in [0.25, 0.3) is 0 Å². The van der Waals surface area contributed by atoms with Crippen molar-refractivity contribution in [3.8, 4) is 0 Å². The van der Waals surface area contributed by atoms with Gasteiger partial charge in [0.25, 0.3) is 0 Å². The molecule has 18 rings (SSSR count). The third kappa shape index (κ3) is 9.57.